The van der Waals surface area contributed by atoms with Crippen molar-refractivity contribution in [1.82, 2.24) is 9.47 Å². The Kier molecular flexibility index (Phi) is 8.33. The Balaban J connectivity index is 2.18. The number of rotatable bonds is 7. The molecule has 8 nitrogen and oxygen atoms in total. The highest BCUT2D eigenvalue weighted by molar-refractivity contribution is 8.26. The zero-order chi connectivity index (χ0) is 25.0. The minimum Gasteiger partial charge on any atom is -0.466 e. The van der Waals surface area contributed by atoms with Gasteiger partial charge in [-0.15, -0.1) is 6.58 Å². The van der Waals surface area contributed by atoms with E-state index >= 15 is 0 Å². The molecule has 180 valence electrons. The fourth-order valence-electron chi connectivity index (χ4n) is 4.32. The van der Waals surface area contributed by atoms with Crippen molar-refractivity contribution in [2.75, 3.05) is 31.1 Å². The highest BCUT2D eigenvalue weighted by atomic mass is 32.2. The third-order valence-electron chi connectivity index (χ3n) is 5.96. The predicted molar refractivity (Wildman–Crippen MR) is 137 cm³/mol. The van der Waals surface area contributed by atoms with Gasteiger partial charge in [0.15, 0.2) is 0 Å². The molecule has 1 unspecified atom stereocenters. The van der Waals surface area contributed by atoms with Crippen LogP contribution in [0.2, 0.25) is 0 Å². The number of ether oxygens (including phenoxy) is 1. The maximum Gasteiger partial charge on any atom is 0.310 e. The number of carbonyl (C=O) groups is 2. The van der Waals surface area contributed by atoms with Crippen LogP contribution >= 0.6 is 24.0 Å². The number of nitriles is 1. The van der Waals surface area contributed by atoms with Crippen LogP contribution in [0.3, 0.4) is 0 Å². The number of hydrogen-bond acceptors (Lipinski definition) is 8. The van der Waals surface area contributed by atoms with E-state index in [0.717, 1.165) is 6.42 Å². The number of thiocarbonyl (C=S) groups is 1. The predicted octanol–water partition coefficient (Wildman–Crippen LogP) is 3.22. The lowest BCUT2D eigenvalue weighted by Gasteiger charge is -2.36. The quantitative estimate of drug-likeness (QED) is 0.244. The Morgan fingerprint density at radius 3 is 2.74 bits per heavy atom. The standard InChI is InChI=1S/C24H28N4O4S2/c1-5-10-28-22(30)19(34-24(28)33)12-17-15(4)18(13-25)21(29)27(6-2)20(17)26-11-8-9-16(14-26)23(31)32-7-3/h5,12,16H,1,6-11,14H2,2-4H3/b19-12+. The highest BCUT2D eigenvalue weighted by Gasteiger charge is 2.34. The van der Waals surface area contributed by atoms with E-state index in [9.17, 15) is 19.6 Å². The Bertz CT molecular complexity index is 1160. The number of aromatic nitrogens is 1. The summed E-state index contributed by atoms with van der Waals surface area (Å²) in [5.74, 6) is -0.207. The van der Waals surface area contributed by atoms with E-state index in [0.29, 0.717) is 65.4 Å². The summed E-state index contributed by atoms with van der Waals surface area (Å²) < 4.78 is 7.22. The fourth-order valence-corrected chi connectivity index (χ4v) is 5.57. The van der Waals surface area contributed by atoms with E-state index in [-0.39, 0.29) is 28.9 Å². The molecular formula is C24H28N4O4S2. The molecule has 3 rings (SSSR count). The molecule has 0 saturated carbocycles. The topological polar surface area (TPSA) is 95.6 Å². The molecule has 2 aliphatic heterocycles. The molecule has 2 fully saturated rings. The molecule has 3 heterocycles. The van der Waals surface area contributed by atoms with Crippen molar-refractivity contribution in [2.45, 2.75) is 40.2 Å². The zero-order valence-electron chi connectivity index (χ0n) is 19.6. The Morgan fingerprint density at radius 2 is 2.12 bits per heavy atom. The molecule has 0 aromatic carbocycles. The van der Waals surface area contributed by atoms with Crippen LogP contribution in [0.5, 0.6) is 0 Å². The first-order valence-electron chi connectivity index (χ1n) is 11.2. The SMILES string of the molecule is C=CCN1C(=O)/C(=C\c2c(C)c(C#N)c(=O)n(CC)c2N2CCCC(C(=O)OCC)C2)SC1=S. The van der Waals surface area contributed by atoms with Gasteiger partial charge in [0.2, 0.25) is 0 Å². The fraction of sp³-hybridized carbons (Fsp3) is 0.458. The molecule has 0 radical (unpaired) electrons. The van der Waals surface area contributed by atoms with Gasteiger partial charge in [-0.2, -0.15) is 5.26 Å². The van der Waals surface area contributed by atoms with E-state index in [1.807, 2.05) is 17.9 Å². The normalized spacial score (nSPS) is 19.5. The number of carbonyl (C=O) groups excluding carboxylic acids is 2. The van der Waals surface area contributed by atoms with Gasteiger partial charge in [0.05, 0.1) is 17.4 Å². The van der Waals surface area contributed by atoms with Crippen LogP contribution < -0.4 is 10.5 Å². The van der Waals surface area contributed by atoms with Gasteiger partial charge >= 0.3 is 5.97 Å². The molecule has 0 aliphatic carbocycles. The Hall–Kier alpha value is -2.90. The van der Waals surface area contributed by atoms with Crippen LogP contribution in [0.25, 0.3) is 6.08 Å². The van der Waals surface area contributed by atoms with Crippen molar-refractivity contribution >= 4 is 52.1 Å². The van der Waals surface area contributed by atoms with Gasteiger partial charge in [-0.25, -0.2) is 0 Å². The monoisotopic (exact) mass is 500 g/mol. The summed E-state index contributed by atoms with van der Waals surface area (Å²) in [6, 6.07) is 2.03. The minimum absolute atomic E-state index is 0.0392. The third-order valence-corrected chi connectivity index (χ3v) is 7.34. The van der Waals surface area contributed by atoms with Crippen LogP contribution in [-0.2, 0) is 20.9 Å². The van der Waals surface area contributed by atoms with Gasteiger partial charge in [-0.1, -0.05) is 30.1 Å². The smallest absolute Gasteiger partial charge is 0.310 e. The van der Waals surface area contributed by atoms with Crippen LogP contribution in [0.4, 0.5) is 5.82 Å². The molecule has 0 bridgehead atoms. The third kappa shape index (κ3) is 4.81. The number of piperidine rings is 1. The second kappa shape index (κ2) is 11.0. The summed E-state index contributed by atoms with van der Waals surface area (Å²) in [4.78, 5) is 42.5. The molecule has 2 saturated heterocycles. The average molecular weight is 501 g/mol. The van der Waals surface area contributed by atoms with Gasteiger partial charge in [0.1, 0.15) is 21.8 Å². The van der Waals surface area contributed by atoms with E-state index in [4.69, 9.17) is 17.0 Å². The molecule has 1 amide bonds. The first-order chi connectivity index (χ1) is 16.3. The van der Waals surface area contributed by atoms with Gasteiger partial charge in [-0.3, -0.25) is 23.9 Å². The zero-order valence-corrected chi connectivity index (χ0v) is 21.3. The van der Waals surface area contributed by atoms with E-state index in [2.05, 4.69) is 6.58 Å². The van der Waals surface area contributed by atoms with E-state index in [1.165, 1.54) is 16.7 Å². The van der Waals surface area contributed by atoms with Crippen LogP contribution in [0.15, 0.2) is 22.4 Å². The molecule has 1 aromatic heterocycles. The average Bonchev–Trinajstić information content (AvgIpc) is 3.08. The summed E-state index contributed by atoms with van der Waals surface area (Å²) in [5, 5.41) is 9.71. The van der Waals surface area contributed by atoms with Gasteiger partial charge in [-0.05, 0) is 45.3 Å². The Morgan fingerprint density at radius 1 is 1.38 bits per heavy atom. The number of nitrogens with zero attached hydrogens (tertiary/aromatic N) is 4. The highest BCUT2D eigenvalue weighted by Crippen LogP contribution is 2.36. The lowest BCUT2D eigenvalue weighted by Crippen LogP contribution is -2.43. The van der Waals surface area contributed by atoms with Crippen molar-refractivity contribution in [3.05, 3.63) is 44.6 Å². The number of anilines is 1. The first-order valence-corrected chi connectivity index (χ1v) is 12.5. The van der Waals surface area contributed by atoms with Crippen molar-refractivity contribution < 1.29 is 14.3 Å². The molecular weight excluding hydrogens is 472 g/mol. The van der Waals surface area contributed by atoms with Crippen LogP contribution in [0.1, 0.15) is 43.4 Å². The number of esters is 1. The number of thioether (sulfide) groups is 1. The molecule has 2 aliphatic rings. The number of pyridine rings is 1. The summed E-state index contributed by atoms with van der Waals surface area (Å²) in [6.07, 6.45) is 4.78. The van der Waals surface area contributed by atoms with Gasteiger partial charge in [0.25, 0.3) is 11.5 Å². The molecule has 1 atom stereocenters. The minimum atomic E-state index is -0.382. The summed E-state index contributed by atoms with van der Waals surface area (Å²) in [6.45, 7) is 11.0. The molecule has 34 heavy (non-hydrogen) atoms. The maximum absolute atomic E-state index is 13.2. The second-order valence-corrected chi connectivity index (χ2v) is 9.69. The summed E-state index contributed by atoms with van der Waals surface area (Å²) in [7, 11) is 0. The summed E-state index contributed by atoms with van der Waals surface area (Å²) >= 11 is 6.55. The largest absolute Gasteiger partial charge is 0.466 e. The van der Waals surface area contributed by atoms with Crippen LogP contribution in [-0.4, -0.2) is 51.9 Å². The Labute approximate surface area is 208 Å². The molecule has 1 aromatic rings. The number of hydrogen-bond donors (Lipinski definition) is 0. The summed E-state index contributed by atoms with van der Waals surface area (Å²) in [5.41, 5.74) is 0.769. The van der Waals surface area contributed by atoms with E-state index in [1.54, 1.807) is 30.6 Å². The van der Waals surface area contributed by atoms with Crippen molar-refractivity contribution in [2.24, 2.45) is 5.92 Å². The maximum atomic E-state index is 13.2. The molecule has 0 N–H and O–H groups in total. The van der Waals surface area contributed by atoms with Crippen molar-refractivity contribution in [1.29, 1.82) is 5.26 Å². The lowest BCUT2D eigenvalue weighted by atomic mass is 9.96. The molecule has 10 heteroatoms. The second-order valence-electron chi connectivity index (χ2n) is 8.02. The van der Waals surface area contributed by atoms with Gasteiger partial charge < -0.3 is 9.64 Å². The van der Waals surface area contributed by atoms with E-state index < -0.39 is 0 Å². The first kappa shape index (κ1) is 25.7. The van der Waals surface area contributed by atoms with Gasteiger partial charge in [0, 0.05) is 31.7 Å². The van der Waals surface area contributed by atoms with Crippen molar-refractivity contribution in [3.63, 3.8) is 0 Å². The molecule has 0 spiro atoms. The number of amides is 1. The van der Waals surface area contributed by atoms with Crippen LogP contribution in [0, 0.1) is 24.2 Å². The lowest BCUT2D eigenvalue weighted by molar-refractivity contribution is -0.148. The van der Waals surface area contributed by atoms with Crippen molar-refractivity contribution in [3.8, 4) is 6.07 Å².